The van der Waals surface area contributed by atoms with E-state index in [1.54, 1.807) is 24.3 Å². The molecular formula is C22H27F3N4O4S. The maximum atomic E-state index is 12.5. The molecule has 0 radical (unpaired) electrons. The highest BCUT2D eigenvalue weighted by atomic mass is 32.2. The van der Waals surface area contributed by atoms with E-state index in [2.05, 4.69) is 14.3 Å². The Morgan fingerprint density at radius 1 is 1.15 bits per heavy atom. The smallest absolute Gasteiger partial charge is 0.361 e. The zero-order valence-corrected chi connectivity index (χ0v) is 19.6. The second-order valence-electron chi connectivity index (χ2n) is 8.75. The van der Waals surface area contributed by atoms with E-state index in [-0.39, 0.29) is 23.9 Å². The number of hydrogen-bond acceptors (Lipinski definition) is 7. The monoisotopic (exact) mass is 500 g/mol. The summed E-state index contributed by atoms with van der Waals surface area (Å²) in [5.41, 5.74) is 1.33. The first-order valence-electron chi connectivity index (χ1n) is 11.1. The first-order chi connectivity index (χ1) is 16.0. The fraction of sp³-hybridized carbons (Fsp3) is 0.545. The fourth-order valence-corrected chi connectivity index (χ4v) is 4.86. The summed E-state index contributed by atoms with van der Waals surface area (Å²) in [7, 11) is -3.37. The van der Waals surface area contributed by atoms with Crippen LogP contribution in [-0.4, -0.2) is 79.1 Å². The number of imidazole rings is 1. The molecule has 0 saturated carbocycles. The lowest BCUT2D eigenvalue weighted by atomic mass is 9.97. The van der Waals surface area contributed by atoms with Crippen LogP contribution < -0.4 is 0 Å². The Hall–Kier alpha value is -2.44. The molecule has 0 spiro atoms. The standard InChI is InChI=1S/C22H27F3N4O4S/c1-34(31,32)18-5-2-4-17(14-18)19-15-28(13-12-27-8-3-9-27)20(26-19)16-6-10-29(11-7-16)33-21(30)22(23,24)25/h2,4-5,14-16H,3,6-13H2,1H3. The van der Waals surface area contributed by atoms with Crippen molar-refractivity contribution in [1.82, 2.24) is 19.5 Å². The van der Waals surface area contributed by atoms with Crippen molar-refractivity contribution in [3.8, 4) is 11.3 Å². The number of alkyl halides is 3. The largest absolute Gasteiger partial charge is 0.492 e. The third-order valence-electron chi connectivity index (χ3n) is 6.23. The highest BCUT2D eigenvalue weighted by Gasteiger charge is 2.43. The molecule has 0 aliphatic carbocycles. The number of carbonyl (C=O) groups excluding carboxylic acids is 1. The molecule has 4 rings (SSSR count). The van der Waals surface area contributed by atoms with Crippen LogP contribution in [0, 0.1) is 0 Å². The Bertz CT molecular complexity index is 1140. The molecule has 1 aromatic heterocycles. The van der Waals surface area contributed by atoms with Crippen LogP contribution in [0.5, 0.6) is 0 Å². The Kier molecular flexibility index (Phi) is 7.02. The molecule has 0 N–H and O–H groups in total. The summed E-state index contributed by atoms with van der Waals surface area (Å²) in [5.74, 6) is -1.43. The van der Waals surface area contributed by atoms with E-state index in [0.717, 1.165) is 36.8 Å². The van der Waals surface area contributed by atoms with Crippen LogP contribution >= 0.6 is 0 Å². The average molecular weight is 501 g/mol. The molecule has 0 amide bonds. The van der Waals surface area contributed by atoms with Crippen molar-refractivity contribution in [2.24, 2.45) is 0 Å². The molecule has 2 saturated heterocycles. The molecule has 1 aromatic carbocycles. The van der Waals surface area contributed by atoms with Gasteiger partial charge in [0.15, 0.2) is 9.84 Å². The minimum Gasteiger partial charge on any atom is -0.361 e. The molecule has 0 bridgehead atoms. The normalized spacial score (nSPS) is 18.6. The van der Waals surface area contributed by atoms with Gasteiger partial charge >= 0.3 is 12.1 Å². The zero-order chi connectivity index (χ0) is 24.5. The Labute approximate surface area is 196 Å². The van der Waals surface area contributed by atoms with Gasteiger partial charge in [-0.1, -0.05) is 12.1 Å². The number of sulfone groups is 1. The van der Waals surface area contributed by atoms with Crippen molar-refractivity contribution in [2.45, 2.75) is 42.8 Å². The van der Waals surface area contributed by atoms with Gasteiger partial charge in [0.05, 0.1) is 10.6 Å². The third-order valence-corrected chi connectivity index (χ3v) is 7.34. The second-order valence-corrected chi connectivity index (χ2v) is 10.8. The summed E-state index contributed by atoms with van der Waals surface area (Å²) < 4.78 is 63.5. The van der Waals surface area contributed by atoms with Gasteiger partial charge in [-0.05, 0) is 44.5 Å². The Balaban J connectivity index is 1.53. The van der Waals surface area contributed by atoms with E-state index >= 15 is 0 Å². The van der Waals surface area contributed by atoms with Gasteiger partial charge in [0.25, 0.3) is 0 Å². The number of hydrogen-bond donors (Lipinski definition) is 0. The zero-order valence-electron chi connectivity index (χ0n) is 18.8. The summed E-state index contributed by atoms with van der Waals surface area (Å²) in [6.07, 6.45) is 0.174. The quantitative estimate of drug-likeness (QED) is 0.578. The predicted octanol–water partition coefficient (Wildman–Crippen LogP) is 2.86. The van der Waals surface area contributed by atoms with Gasteiger partial charge in [0.2, 0.25) is 0 Å². The van der Waals surface area contributed by atoms with E-state index in [9.17, 15) is 26.4 Å². The molecule has 3 heterocycles. The maximum Gasteiger partial charge on any atom is 0.492 e. The summed E-state index contributed by atoms with van der Waals surface area (Å²) in [5, 5.41) is 1.05. The first kappa shape index (κ1) is 24.7. The number of nitrogens with zero attached hydrogens (tertiary/aromatic N) is 4. The van der Waals surface area contributed by atoms with Crippen molar-refractivity contribution in [3.63, 3.8) is 0 Å². The molecule has 0 unspecified atom stereocenters. The van der Waals surface area contributed by atoms with Gasteiger partial charge in [-0.25, -0.2) is 18.2 Å². The van der Waals surface area contributed by atoms with Gasteiger partial charge in [-0.3, -0.25) is 0 Å². The van der Waals surface area contributed by atoms with Crippen molar-refractivity contribution < 1.29 is 31.2 Å². The molecule has 0 atom stereocenters. The average Bonchev–Trinajstić information content (AvgIpc) is 3.16. The summed E-state index contributed by atoms with van der Waals surface area (Å²) in [4.78, 5) is 23.0. The first-order valence-corrected chi connectivity index (χ1v) is 13.0. The predicted molar refractivity (Wildman–Crippen MR) is 118 cm³/mol. The lowest BCUT2D eigenvalue weighted by Crippen LogP contribution is -2.40. The van der Waals surface area contributed by atoms with E-state index in [1.165, 1.54) is 6.42 Å². The van der Waals surface area contributed by atoms with E-state index in [0.29, 0.717) is 30.6 Å². The molecule has 2 aliphatic heterocycles. The number of piperidine rings is 1. The number of hydroxylamine groups is 2. The minimum absolute atomic E-state index is 0.0240. The Morgan fingerprint density at radius 2 is 1.85 bits per heavy atom. The van der Waals surface area contributed by atoms with Crippen molar-refractivity contribution in [1.29, 1.82) is 0 Å². The van der Waals surface area contributed by atoms with E-state index in [4.69, 9.17) is 4.98 Å². The van der Waals surface area contributed by atoms with Crippen LogP contribution in [0.3, 0.4) is 0 Å². The molecule has 2 fully saturated rings. The molecule has 2 aliphatic rings. The molecule has 2 aromatic rings. The Morgan fingerprint density at radius 3 is 2.44 bits per heavy atom. The number of aromatic nitrogens is 2. The number of halogens is 3. The molecule has 186 valence electrons. The van der Waals surface area contributed by atoms with Gasteiger partial charge in [0.1, 0.15) is 5.82 Å². The number of rotatable bonds is 7. The summed E-state index contributed by atoms with van der Waals surface area (Å²) in [6, 6.07) is 6.62. The maximum absolute atomic E-state index is 12.5. The molecule has 8 nitrogen and oxygen atoms in total. The number of benzene rings is 1. The highest BCUT2D eigenvalue weighted by Crippen LogP contribution is 2.31. The van der Waals surface area contributed by atoms with Crippen molar-refractivity contribution in [2.75, 3.05) is 39.0 Å². The summed E-state index contributed by atoms with van der Waals surface area (Å²) >= 11 is 0. The van der Waals surface area contributed by atoms with Crippen molar-refractivity contribution in [3.05, 3.63) is 36.3 Å². The van der Waals surface area contributed by atoms with Gasteiger partial charge in [-0.15, -0.1) is 5.06 Å². The SMILES string of the molecule is CS(=O)(=O)c1cccc(-c2cn(CCN3CCC3)c(C3CCN(OC(=O)C(F)(F)F)CC3)n2)c1. The van der Waals surface area contributed by atoms with Gasteiger partial charge in [-0.2, -0.15) is 13.2 Å². The number of carbonyl (C=O) groups is 1. The van der Waals surface area contributed by atoms with Crippen LogP contribution in [0.15, 0.2) is 35.4 Å². The van der Waals surface area contributed by atoms with Crippen LogP contribution in [0.4, 0.5) is 13.2 Å². The van der Waals surface area contributed by atoms with Crippen LogP contribution in [-0.2, 0) is 26.0 Å². The van der Waals surface area contributed by atoms with Gasteiger partial charge < -0.3 is 14.3 Å². The lowest BCUT2D eigenvalue weighted by molar-refractivity contribution is -0.241. The lowest BCUT2D eigenvalue weighted by Gasteiger charge is -2.32. The van der Waals surface area contributed by atoms with Crippen molar-refractivity contribution >= 4 is 15.8 Å². The highest BCUT2D eigenvalue weighted by molar-refractivity contribution is 7.90. The summed E-state index contributed by atoms with van der Waals surface area (Å²) in [6.45, 7) is 4.01. The molecule has 34 heavy (non-hydrogen) atoms. The topological polar surface area (TPSA) is 84.7 Å². The van der Waals surface area contributed by atoms with Crippen LogP contribution in [0.1, 0.15) is 31.0 Å². The molecular weight excluding hydrogens is 473 g/mol. The third kappa shape index (κ3) is 5.78. The van der Waals surface area contributed by atoms with E-state index < -0.39 is 22.0 Å². The van der Waals surface area contributed by atoms with Gasteiger partial charge in [0, 0.05) is 50.1 Å². The minimum atomic E-state index is -5.03. The molecule has 12 heteroatoms. The number of likely N-dealkylation sites (tertiary alicyclic amines) is 1. The van der Waals surface area contributed by atoms with Crippen LogP contribution in [0.25, 0.3) is 11.3 Å². The fourth-order valence-electron chi connectivity index (χ4n) is 4.19. The second kappa shape index (κ2) is 9.67. The van der Waals surface area contributed by atoms with E-state index in [1.807, 2.05) is 6.20 Å². The van der Waals surface area contributed by atoms with Crippen LogP contribution in [0.2, 0.25) is 0 Å².